The number of para-hydroxylation sites is 1. The normalized spacial score (nSPS) is 11.9. The van der Waals surface area contributed by atoms with Crippen molar-refractivity contribution in [3.63, 3.8) is 0 Å². The highest BCUT2D eigenvalue weighted by molar-refractivity contribution is 7.26. The summed E-state index contributed by atoms with van der Waals surface area (Å²) in [7, 11) is 0. The molecule has 0 unspecified atom stereocenters. The zero-order valence-corrected chi connectivity index (χ0v) is 30.9. The number of nitrogens with zero attached hydrogens (tertiary/aromatic N) is 1. The SMILES string of the molecule is c1ccc(-c2ccc3oc4c(N(c5ccc(-c6cccc7ccccc67)cc5)c5ccc6c(c5)oc5ccccc56)cc5c6ccccc6sc5c4c3c2)cc1. The van der Waals surface area contributed by atoms with E-state index >= 15 is 0 Å². The predicted molar refractivity (Wildman–Crippen MR) is 237 cm³/mol. The Balaban J connectivity index is 1.14. The van der Waals surface area contributed by atoms with Crippen molar-refractivity contribution >= 4 is 103 Å². The van der Waals surface area contributed by atoms with Crippen LogP contribution in [-0.4, -0.2) is 0 Å². The summed E-state index contributed by atoms with van der Waals surface area (Å²) in [6.07, 6.45) is 0. The number of furan rings is 2. The highest BCUT2D eigenvalue weighted by Gasteiger charge is 2.25. The van der Waals surface area contributed by atoms with Crippen molar-refractivity contribution in [2.24, 2.45) is 0 Å². The molecule has 9 aromatic carbocycles. The monoisotopic (exact) mass is 733 g/mol. The number of fused-ring (bicyclic) bond motifs is 11. The van der Waals surface area contributed by atoms with Gasteiger partial charge in [-0.2, -0.15) is 0 Å². The van der Waals surface area contributed by atoms with Gasteiger partial charge >= 0.3 is 0 Å². The molecule has 262 valence electrons. The summed E-state index contributed by atoms with van der Waals surface area (Å²) >= 11 is 1.84. The molecule has 0 aliphatic heterocycles. The van der Waals surface area contributed by atoms with Gasteiger partial charge in [-0.15, -0.1) is 11.3 Å². The first-order chi connectivity index (χ1) is 27.7. The standard InChI is InChI=1S/C52H31NO2S/c1-2-11-32(12-3-1)35-23-28-47-44(29-35)50-51(55-47)45(31-43-42-17-7-9-20-49(42)56-52(43)50)53(37-26-27-41-40-16-6-8-19-46(40)54-48(41)30-37)36-24-21-34(22-25-36)39-18-10-14-33-13-4-5-15-38(33)39/h1-31H. The zero-order valence-electron chi connectivity index (χ0n) is 30.1. The molecule has 3 nitrogen and oxygen atoms in total. The molecule has 0 spiro atoms. The first-order valence-corrected chi connectivity index (χ1v) is 19.7. The molecule has 0 radical (unpaired) electrons. The zero-order chi connectivity index (χ0) is 36.7. The molecular weight excluding hydrogens is 703 g/mol. The largest absolute Gasteiger partial charge is 0.456 e. The third-order valence-electron chi connectivity index (χ3n) is 11.3. The van der Waals surface area contributed by atoms with Crippen LogP contribution in [0, 0.1) is 0 Å². The maximum Gasteiger partial charge on any atom is 0.160 e. The first-order valence-electron chi connectivity index (χ1n) is 18.9. The molecule has 3 heterocycles. The average Bonchev–Trinajstić information content (AvgIpc) is 3.95. The van der Waals surface area contributed by atoms with Crippen LogP contribution in [0.15, 0.2) is 197 Å². The van der Waals surface area contributed by atoms with Crippen LogP contribution >= 0.6 is 11.3 Å². The number of benzene rings is 9. The molecule has 0 N–H and O–H groups in total. The summed E-state index contributed by atoms with van der Waals surface area (Å²) in [6.45, 7) is 0. The van der Waals surface area contributed by atoms with Crippen molar-refractivity contribution < 1.29 is 8.83 Å². The first kappa shape index (κ1) is 31.2. The van der Waals surface area contributed by atoms with Gasteiger partial charge in [-0.1, -0.05) is 127 Å². The van der Waals surface area contributed by atoms with Gasteiger partial charge in [0.05, 0.1) is 11.4 Å². The van der Waals surface area contributed by atoms with Crippen LogP contribution < -0.4 is 4.90 Å². The van der Waals surface area contributed by atoms with Gasteiger partial charge in [0, 0.05) is 53.5 Å². The van der Waals surface area contributed by atoms with E-state index in [0.717, 1.165) is 66.5 Å². The van der Waals surface area contributed by atoms with Crippen molar-refractivity contribution in [1.82, 2.24) is 0 Å². The van der Waals surface area contributed by atoms with E-state index in [1.165, 1.54) is 47.6 Å². The molecular formula is C52H31NO2S. The van der Waals surface area contributed by atoms with Gasteiger partial charge in [0.1, 0.15) is 16.7 Å². The van der Waals surface area contributed by atoms with Crippen LogP contribution in [0.25, 0.3) is 97.1 Å². The molecule has 0 bridgehead atoms. The van der Waals surface area contributed by atoms with Crippen LogP contribution in [0.5, 0.6) is 0 Å². The lowest BCUT2D eigenvalue weighted by Gasteiger charge is -2.26. The highest BCUT2D eigenvalue weighted by Crippen LogP contribution is 2.50. The Bertz CT molecular complexity index is 3480. The minimum Gasteiger partial charge on any atom is -0.456 e. The van der Waals surface area contributed by atoms with Gasteiger partial charge < -0.3 is 13.7 Å². The third-order valence-corrected chi connectivity index (χ3v) is 12.5. The van der Waals surface area contributed by atoms with Crippen molar-refractivity contribution in [2.45, 2.75) is 0 Å². The fraction of sp³-hybridized carbons (Fsp3) is 0. The number of rotatable bonds is 5. The molecule has 3 aromatic heterocycles. The predicted octanol–water partition coefficient (Wildman–Crippen LogP) is 15.8. The second-order valence-electron chi connectivity index (χ2n) is 14.4. The molecule has 12 rings (SSSR count). The summed E-state index contributed by atoms with van der Waals surface area (Å²) in [6, 6.07) is 67.1. The third kappa shape index (κ3) is 4.76. The Hall–Kier alpha value is -7.14. The molecule has 0 aliphatic rings. The Labute approximate surface area is 325 Å². The minimum absolute atomic E-state index is 0.844. The molecule has 0 amide bonds. The van der Waals surface area contributed by atoms with E-state index in [4.69, 9.17) is 8.83 Å². The Kier molecular flexibility index (Phi) is 6.80. The molecule has 0 atom stereocenters. The molecule has 4 heteroatoms. The van der Waals surface area contributed by atoms with Crippen LogP contribution in [-0.2, 0) is 0 Å². The number of hydrogen-bond acceptors (Lipinski definition) is 4. The Morgan fingerprint density at radius 2 is 1.09 bits per heavy atom. The molecule has 0 saturated heterocycles. The van der Waals surface area contributed by atoms with Crippen molar-refractivity contribution in [3.05, 3.63) is 188 Å². The van der Waals surface area contributed by atoms with Crippen molar-refractivity contribution in [2.75, 3.05) is 4.90 Å². The smallest absolute Gasteiger partial charge is 0.160 e. The molecule has 0 saturated carbocycles. The lowest BCUT2D eigenvalue weighted by Crippen LogP contribution is -2.10. The molecule has 0 fully saturated rings. The van der Waals surface area contributed by atoms with E-state index in [1.807, 2.05) is 23.5 Å². The van der Waals surface area contributed by atoms with Crippen LogP contribution in [0.3, 0.4) is 0 Å². The van der Waals surface area contributed by atoms with E-state index in [-0.39, 0.29) is 0 Å². The van der Waals surface area contributed by atoms with Crippen molar-refractivity contribution in [3.8, 4) is 22.3 Å². The summed E-state index contributed by atoms with van der Waals surface area (Å²) in [4.78, 5) is 2.34. The van der Waals surface area contributed by atoms with Crippen LogP contribution in [0.4, 0.5) is 17.1 Å². The van der Waals surface area contributed by atoms with Gasteiger partial charge in [0.25, 0.3) is 0 Å². The Morgan fingerprint density at radius 1 is 0.393 bits per heavy atom. The fourth-order valence-corrected chi connectivity index (χ4v) is 9.86. The summed E-state index contributed by atoms with van der Waals surface area (Å²) in [5.74, 6) is 0. The van der Waals surface area contributed by atoms with Gasteiger partial charge in [0.2, 0.25) is 0 Å². The summed E-state index contributed by atoms with van der Waals surface area (Å²) in [5.41, 5.74) is 11.2. The van der Waals surface area contributed by atoms with Gasteiger partial charge in [0.15, 0.2) is 5.58 Å². The summed E-state index contributed by atoms with van der Waals surface area (Å²) < 4.78 is 16.0. The molecule has 0 aliphatic carbocycles. The Morgan fingerprint density at radius 3 is 1.98 bits per heavy atom. The second-order valence-corrected chi connectivity index (χ2v) is 15.5. The summed E-state index contributed by atoms with van der Waals surface area (Å²) in [5, 5.41) is 9.37. The number of hydrogen-bond donors (Lipinski definition) is 0. The minimum atomic E-state index is 0.844. The lowest BCUT2D eigenvalue weighted by molar-refractivity contribution is 0.667. The van der Waals surface area contributed by atoms with E-state index < -0.39 is 0 Å². The van der Waals surface area contributed by atoms with Crippen molar-refractivity contribution in [1.29, 1.82) is 0 Å². The van der Waals surface area contributed by atoms with E-state index in [9.17, 15) is 0 Å². The quantitative estimate of drug-likeness (QED) is 0.176. The lowest BCUT2D eigenvalue weighted by atomic mass is 9.98. The van der Waals surface area contributed by atoms with Crippen LogP contribution in [0.1, 0.15) is 0 Å². The average molecular weight is 734 g/mol. The maximum atomic E-state index is 7.02. The van der Waals surface area contributed by atoms with E-state index in [2.05, 4.69) is 181 Å². The van der Waals surface area contributed by atoms with Gasteiger partial charge in [-0.3, -0.25) is 0 Å². The number of anilines is 3. The maximum absolute atomic E-state index is 7.02. The highest BCUT2D eigenvalue weighted by atomic mass is 32.1. The van der Waals surface area contributed by atoms with Gasteiger partial charge in [-0.25, -0.2) is 0 Å². The van der Waals surface area contributed by atoms with E-state index in [0.29, 0.717) is 0 Å². The van der Waals surface area contributed by atoms with E-state index in [1.54, 1.807) is 0 Å². The molecule has 56 heavy (non-hydrogen) atoms. The number of thiophene rings is 1. The van der Waals surface area contributed by atoms with Gasteiger partial charge in [-0.05, 0) is 87.6 Å². The second kappa shape index (κ2) is 12.2. The van der Waals surface area contributed by atoms with Crippen LogP contribution in [0.2, 0.25) is 0 Å². The molecule has 12 aromatic rings. The topological polar surface area (TPSA) is 29.5 Å². The fourth-order valence-electron chi connectivity index (χ4n) is 8.62.